The zero-order valence-electron chi connectivity index (χ0n) is 26.9. The summed E-state index contributed by atoms with van der Waals surface area (Å²) >= 11 is 0. The molecule has 0 aromatic heterocycles. The molecule has 4 aromatic carbocycles. The number of rotatable bonds is 15. The lowest BCUT2D eigenvalue weighted by molar-refractivity contribution is -0.140. The summed E-state index contributed by atoms with van der Waals surface area (Å²) in [5.74, 6) is -0.209. The van der Waals surface area contributed by atoms with E-state index < -0.39 is 28.5 Å². The topological polar surface area (TPSA) is 96.0 Å². The molecule has 0 unspecified atom stereocenters. The highest BCUT2D eigenvalue weighted by molar-refractivity contribution is 7.92. The van der Waals surface area contributed by atoms with Gasteiger partial charge in [0.15, 0.2) is 0 Å². The van der Waals surface area contributed by atoms with Crippen LogP contribution in [0.1, 0.15) is 42.5 Å². The first-order valence-electron chi connectivity index (χ1n) is 15.5. The molecular formula is C37H43N3O5S. The maximum atomic E-state index is 14.3. The average Bonchev–Trinajstić information content (AvgIpc) is 3.05. The van der Waals surface area contributed by atoms with Crippen molar-refractivity contribution in [3.05, 3.63) is 131 Å². The van der Waals surface area contributed by atoms with E-state index >= 15 is 0 Å². The molecule has 0 aliphatic carbocycles. The molecule has 0 aliphatic heterocycles. The molecule has 4 aromatic rings. The third-order valence-corrected chi connectivity index (χ3v) is 8.90. The van der Waals surface area contributed by atoms with Crippen molar-refractivity contribution >= 4 is 27.5 Å². The van der Waals surface area contributed by atoms with Crippen LogP contribution in [0.5, 0.6) is 5.75 Å². The quantitative estimate of drug-likeness (QED) is 0.175. The van der Waals surface area contributed by atoms with Gasteiger partial charge in [0.05, 0.1) is 11.9 Å². The molecule has 0 saturated carbocycles. The van der Waals surface area contributed by atoms with E-state index in [1.807, 2.05) is 106 Å². The van der Waals surface area contributed by atoms with Gasteiger partial charge in [-0.25, -0.2) is 8.42 Å². The minimum absolute atomic E-state index is 0.100. The number of nitrogens with zero attached hydrogens (tertiary/aromatic N) is 2. The van der Waals surface area contributed by atoms with E-state index in [-0.39, 0.29) is 24.9 Å². The Morgan fingerprint density at radius 3 is 2.02 bits per heavy atom. The van der Waals surface area contributed by atoms with E-state index in [1.54, 1.807) is 24.3 Å². The van der Waals surface area contributed by atoms with Crippen molar-refractivity contribution in [1.82, 2.24) is 10.2 Å². The number of benzene rings is 4. The zero-order valence-corrected chi connectivity index (χ0v) is 27.7. The highest BCUT2D eigenvalue weighted by Gasteiger charge is 2.33. The molecule has 0 bridgehead atoms. The maximum absolute atomic E-state index is 14.3. The van der Waals surface area contributed by atoms with Crippen LogP contribution in [0.3, 0.4) is 0 Å². The second kappa shape index (κ2) is 16.1. The van der Waals surface area contributed by atoms with Crippen molar-refractivity contribution in [2.75, 3.05) is 17.1 Å². The lowest BCUT2D eigenvalue weighted by Gasteiger charge is -2.34. The van der Waals surface area contributed by atoms with Gasteiger partial charge in [0, 0.05) is 19.0 Å². The molecule has 0 aliphatic rings. The molecule has 0 heterocycles. The second-order valence-corrected chi connectivity index (χ2v) is 13.5. The molecule has 0 fully saturated rings. The van der Waals surface area contributed by atoms with Crippen molar-refractivity contribution in [2.45, 2.75) is 58.8 Å². The van der Waals surface area contributed by atoms with Crippen LogP contribution in [0.2, 0.25) is 0 Å². The van der Waals surface area contributed by atoms with Crippen LogP contribution in [-0.4, -0.2) is 50.0 Å². The van der Waals surface area contributed by atoms with Crippen LogP contribution in [-0.2, 0) is 39.2 Å². The lowest BCUT2D eigenvalue weighted by Crippen LogP contribution is -2.54. The van der Waals surface area contributed by atoms with E-state index in [1.165, 1.54) is 4.90 Å². The molecule has 0 radical (unpaired) electrons. The molecule has 0 saturated heterocycles. The van der Waals surface area contributed by atoms with E-state index in [2.05, 4.69) is 5.32 Å². The van der Waals surface area contributed by atoms with E-state index in [9.17, 15) is 18.0 Å². The molecule has 2 amide bonds. The largest absolute Gasteiger partial charge is 0.489 e. The van der Waals surface area contributed by atoms with E-state index in [0.29, 0.717) is 18.0 Å². The van der Waals surface area contributed by atoms with Crippen LogP contribution in [0, 0.1) is 6.92 Å². The fourth-order valence-electron chi connectivity index (χ4n) is 5.07. The van der Waals surface area contributed by atoms with E-state index in [4.69, 9.17) is 4.74 Å². The Bertz CT molecular complexity index is 1680. The lowest BCUT2D eigenvalue weighted by atomic mass is 10.0. The molecule has 46 heavy (non-hydrogen) atoms. The van der Waals surface area contributed by atoms with Crippen LogP contribution in [0.15, 0.2) is 109 Å². The van der Waals surface area contributed by atoms with Gasteiger partial charge >= 0.3 is 0 Å². The third-order valence-electron chi connectivity index (χ3n) is 7.76. The minimum Gasteiger partial charge on any atom is -0.489 e. The molecule has 242 valence electrons. The first-order valence-corrected chi connectivity index (χ1v) is 17.3. The standard InChI is InChI=1S/C37H43N3O5S/c1-5-29(3)38-37(42)35(24-30-14-8-6-9-15-30)39(25-32-18-12-13-28(2)23-32)36(41)26-40(46(4,43)44)33-19-21-34(22-20-33)45-27-31-16-10-7-11-17-31/h6-23,29,35H,5,24-27H2,1-4H3,(H,38,42)/t29-,35+/m1/s1. The average molecular weight is 642 g/mol. The normalized spacial score (nSPS) is 12.5. The predicted molar refractivity (Wildman–Crippen MR) is 183 cm³/mol. The summed E-state index contributed by atoms with van der Waals surface area (Å²) in [7, 11) is -3.88. The number of nitrogens with one attached hydrogen (secondary N) is 1. The fraction of sp³-hybridized carbons (Fsp3) is 0.297. The summed E-state index contributed by atoms with van der Waals surface area (Å²) in [5.41, 5.74) is 4.07. The number of hydrogen-bond donors (Lipinski definition) is 1. The molecule has 2 atom stereocenters. The van der Waals surface area contributed by atoms with Gasteiger partial charge in [-0.2, -0.15) is 0 Å². The van der Waals surface area contributed by atoms with Gasteiger partial charge in [-0.05, 0) is 61.2 Å². The molecule has 8 nitrogen and oxygen atoms in total. The monoisotopic (exact) mass is 641 g/mol. The molecule has 9 heteroatoms. The summed E-state index contributed by atoms with van der Waals surface area (Å²) in [5, 5.41) is 3.05. The van der Waals surface area contributed by atoms with Crippen molar-refractivity contribution in [3.8, 4) is 5.75 Å². The predicted octanol–water partition coefficient (Wildman–Crippen LogP) is 5.89. The SMILES string of the molecule is CC[C@@H](C)NC(=O)[C@H](Cc1ccccc1)N(Cc1cccc(C)c1)C(=O)CN(c1ccc(OCc2ccccc2)cc1)S(C)(=O)=O. The van der Waals surface area contributed by atoms with Gasteiger partial charge in [0.1, 0.15) is 24.9 Å². The van der Waals surface area contributed by atoms with Gasteiger partial charge in [-0.1, -0.05) is 97.4 Å². The summed E-state index contributed by atoms with van der Waals surface area (Å²) in [6, 6.07) is 32.6. The highest BCUT2D eigenvalue weighted by Crippen LogP contribution is 2.24. The van der Waals surface area contributed by atoms with Crippen molar-refractivity contribution in [1.29, 1.82) is 0 Å². The smallest absolute Gasteiger partial charge is 0.244 e. The van der Waals surface area contributed by atoms with Gasteiger partial charge in [0.25, 0.3) is 0 Å². The first kappa shape index (κ1) is 34.2. The minimum atomic E-state index is -3.88. The Morgan fingerprint density at radius 1 is 0.826 bits per heavy atom. The van der Waals surface area contributed by atoms with Crippen molar-refractivity contribution in [2.24, 2.45) is 0 Å². The molecule has 0 spiro atoms. The van der Waals surface area contributed by atoms with Crippen LogP contribution in [0.4, 0.5) is 5.69 Å². The highest BCUT2D eigenvalue weighted by atomic mass is 32.2. The number of aryl methyl sites for hydroxylation is 1. The van der Waals surface area contributed by atoms with Gasteiger partial charge in [-0.3, -0.25) is 13.9 Å². The Balaban J connectivity index is 1.65. The fourth-order valence-corrected chi connectivity index (χ4v) is 5.92. The number of sulfonamides is 1. The van der Waals surface area contributed by atoms with Crippen LogP contribution < -0.4 is 14.4 Å². The van der Waals surface area contributed by atoms with Crippen LogP contribution in [0.25, 0.3) is 0 Å². The Morgan fingerprint density at radius 2 is 1.43 bits per heavy atom. The Labute approximate surface area is 273 Å². The molecule has 4 rings (SSSR count). The van der Waals surface area contributed by atoms with Gasteiger partial charge in [-0.15, -0.1) is 0 Å². The second-order valence-electron chi connectivity index (χ2n) is 11.6. The summed E-state index contributed by atoms with van der Waals surface area (Å²) < 4.78 is 33.2. The Kier molecular flexibility index (Phi) is 12.0. The molecule has 1 N–H and O–H groups in total. The number of amides is 2. The summed E-state index contributed by atoms with van der Waals surface area (Å²) in [6.07, 6.45) is 2.07. The number of carbonyl (C=O) groups excluding carboxylic acids is 2. The van der Waals surface area contributed by atoms with Crippen molar-refractivity contribution in [3.63, 3.8) is 0 Å². The number of carbonyl (C=O) groups is 2. The van der Waals surface area contributed by atoms with E-state index in [0.717, 1.165) is 39.2 Å². The van der Waals surface area contributed by atoms with Gasteiger partial charge < -0.3 is 15.0 Å². The first-order chi connectivity index (χ1) is 22.0. The van der Waals surface area contributed by atoms with Crippen molar-refractivity contribution < 1.29 is 22.7 Å². The van der Waals surface area contributed by atoms with Crippen LogP contribution >= 0.6 is 0 Å². The molecular weight excluding hydrogens is 598 g/mol. The number of anilines is 1. The zero-order chi connectivity index (χ0) is 33.1. The maximum Gasteiger partial charge on any atom is 0.244 e. The summed E-state index contributed by atoms with van der Waals surface area (Å²) in [4.78, 5) is 29.6. The summed E-state index contributed by atoms with van der Waals surface area (Å²) in [6.45, 7) is 5.89. The number of ether oxygens (including phenoxy) is 1. The number of hydrogen-bond acceptors (Lipinski definition) is 5. The Hall–Kier alpha value is -4.63. The third kappa shape index (κ3) is 9.94. The van der Waals surface area contributed by atoms with Gasteiger partial charge in [0.2, 0.25) is 21.8 Å².